The minimum absolute atomic E-state index is 0.165. The van der Waals surface area contributed by atoms with Crippen LogP contribution in [-0.2, 0) is 0 Å². The van der Waals surface area contributed by atoms with Crippen LogP contribution in [0.25, 0.3) is 0 Å². The van der Waals surface area contributed by atoms with Crippen molar-refractivity contribution in [1.29, 1.82) is 0 Å². The fraction of sp³-hybridized carbons (Fsp3) is 0.667. The summed E-state index contributed by atoms with van der Waals surface area (Å²) in [7, 11) is 0. The van der Waals surface area contributed by atoms with E-state index in [-0.39, 0.29) is 17.9 Å². The predicted octanol–water partition coefficient (Wildman–Crippen LogP) is 2.19. The highest BCUT2D eigenvalue weighted by molar-refractivity contribution is 5.97. The third-order valence-corrected chi connectivity index (χ3v) is 3.97. The van der Waals surface area contributed by atoms with Crippen molar-refractivity contribution in [2.75, 3.05) is 5.43 Å². The van der Waals surface area contributed by atoms with Gasteiger partial charge in [-0.05, 0) is 18.8 Å². The van der Waals surface area contributed by atoms with Gasteiger partial charge in [-0.25, -0.2) is 9.97 Å². The number of rotatable bonds is 4. The summed E-state index contributed by atoms with van der Waals surface area (Å²) in [4.78, 5) is 21.1. The largest absolute Gasteiger partial charge is 0.348 e. The van der Waals surface area contributed by atoms with E-state index in [0.717, 1.165) is 19.3 Å². The van der Waals surface area contributed by atoms with E-state index < -0.39 is 0 Å². The number of aromatic nitrogens is 2. The summed E-state index contributed by atoms with van der Waals surface area (Å²) in [5.74, 6) is 6.76. The first kappa shape index (κ1) is 15.7. The maximum atomic E-state index is 12.5. The Balaban J connectivity index is 2.15. The molecule has 0 radical (unpaired) electrons. The molecular formula is C15H25N5O. The van der Waals surface area contributed by atoms with E-state index in [9.17, 15) is 4.79 Å². The summed E-state index contributed by atoms with van der Waals surface area (Å²) in [5.41, 5.74) is 3.29. The van der Waals surface area contributed by atoms with Gasteiger partial charge in [0, 0.05) is 12.0 Å². The molecule has 0 bridgehead atoms. The van der Waals surface area contributed by atoms with Crippen molar-refractivity contribution in [1.82, 2.24) is 15.3 Å². The van der Waals surface area contributed by atoms with Crippen molar-refractivity contribution in [2.24, 2.45) is 11.8 Å². The number of anilines is 1. The van der Waals surface area contributed by atoms with Crippen LogP contribution in [0.3, 0.4) is 0 Å². The molecule has 21 heavy (non-hydrogen) atoms. The molecule has 2 rings (SSSR count). The Morgan fingerprint density at radius 3 is 2.81 bits per heavy atom. The summed E-state index contributed by atoms with van der Waals surface area (Å²) in [5, 5.41) is 3.08. The number of nitrogens with two attached hydrogens (primary N) is 1. The van der Waals surface area contributed by atoms with Gasteiger partial charge in [-0.1, -0.05) is 33.6 Å². The van der Waals surface area contributed by atoms with E-state index in [1.807, 2.05) is 13.8 Å². The standard InChI is InChI=1S/C15H25N5O/c1-9(2)14-17-8-12(20-16)13(19-14)15(21)18-11-6-4-5-10(3)7-11/h8-11,20H,4-7,16H2,1-3H3,(H,18,21). The zero-order valence-corrected chi connectivity index (χ0v) is 13.0. The molecule has 1 amide bonds. The van der Waals surface area contributed by atoms with Gasteiger partial charge in [0.15, 0.2) is 5.69 Å². The maximum absolute atomic E-state index is 12.5. The molecule has 1 aromatic heterocycles. The molecule has 1 aliphatic carbocycles. The van der Waals surface area contributed by atoms with Gasteiger partial charge in [0.2, 0.25) is 0 Å². The lowest BCUT2D eigenvalue weighted by atomic mass is 9.87. The average Bonchev–Trinajstić information content (AvgIpc) is 2.46. The smallest absolute Gasteiger partial charge is 0.272 e. The summed E-state index contributed by atoms with van der Waals surface area (Å²) >= 11 is 0. The molecule has 1 aromatic rings. The van der Waals surface area contributed by atoms with Gasteiger partial charge >= 0.3 is 0 Å². The number of carbonyl (C=O) groups excluding carboxylic acids is 1. The quantitative estimate of drug-likeness (QED) is 0.584. The summed E-state index contributed by atoms with van der Waals surface area (Å²) in [6.07, 6.45) is 6.03. The molecule has 2 atom stereocenters. The second kappa shape index (κ2) is 6.85. The van der Waals surface area contributed by atoms with Gasteiger partial charge in [-0.15, -0.1) is 0 Å². The number of nitrogens with one attached hydrogen (secondary N) is 2. The maximum Gasteiger partial charge on any atom is 0.272 e. The molecule has 1 aliphatic rings. The molecule has 2 unspecified atom stereocenters. The van der Waals surface area contributed by atoms with Crippen LogP contribution in [0.4, 0.5) is 5.69 Å². The van der Waals surface area contributed by atoms with Crippen LogP contribution in [0.15, 0.2) is 6.20 Å². The van der Waals surface area contributed by atoms with Crippen LogP contribution in [0.5, 0.6) is 0 Å². The molecule has 6 nitrogen and oxygen atoms in total. The summed E-state index contributed by atoms with van der Waals surface area (Å²) in [6, 6.07) is 0.226. The topological polar surface area (TPSA) is 92.9 Å². The molecule has 1 fully saturated rings. The van der Waals surface area contributed by atoms with Gasteiger partial charge in [0.05, 0.1) is 11.9 Å². The van der Waals surface area contributed by atoms with E-state index in [2.05, 4.69) is 27.6 Å². The van der Waals surface area contributed by atoms with Gasteiger partial charge < -0.3 is 10.7 Å². The Kier molecular flexibility index (Phi) is 5.12. The molecule has 0 spiro atoms. The lowest BCUT2D eigenvalue weighted by Crippen LogP contribution is -2.39. The van der Waals surface area contributed by atoms with Crippen LogP contribution in [0.2, 0.25) is 0 Å². The Morgan fingerprint density at radius 1 is 1.43 bits per heavy atom. The summed E-state index contributed by atoms with van der Waals surface area (Å²) in [6.45, 7) is 6.22. The third-order valence-electron chi connectivity index (χ3n) is 3.97. The van der Waals surface area contributed by atoms with Gasteiger partial charge in [0.1, 0.15) is 5.82 Å². The first-order valence-electron chi connectivity index (χ1n) is 7.65. The highest BCUT2D eigenvalue weighted by Gasteiger charge is 2.23. The van der Waals surface area contributed by atoms with E-state index >= 15 is 0 Å². The fourth-order valence-corrected chi connectivity index (χ4v) is 2.77. The Hall–Kier alpha value is -1.69. The molecule has 1 heterocycles. The number of nitrogens with zero attached hydrogens (tertiary/aromatic N) is 2. The lowest BCUT2D eigenvalue weighted by Gasteiger charge is -2.27. The Labute approximate surface area is 125 Å². The molecule has 6 heteroatoms. The lowest BCUT2D eigenvalue weighted by molar-refractivity contribution is 0.0916. The Morgan fingerprint density at radius 2 is 2.19 bits per heavy atom. The molecule has 4 N–H and O–H groups in total. The van der Waals surface area contributed by atoms with E-state index in [0.29, 0.717) is 23.1 Å². The summed E-state index contributed by atoms with van der Waals surface area (Å²) < 4.78 is 0. The fourth-order valence-electron chi connectivity index (χ4n) is 2.77. The number of hydrogen-bond donors (Lipinski definition) is 3. The van der Waals surface area contributed by atoms with Crippen LogP contribution in [-0.4, -0.2) is 21.9 Å². The van der Waals surface area contributed by atoms with Crippen LogP contribution >= 0.6 is 0 Å². The number of hydrogen-bond acceptors (Lipinski definition) is 5. The average molecular weight is 291 g/mol. The van der Waals surface area contributed by atoms with Crippen LogP contribution in [0.1, 0.15) is 68.7 Å². The molecule has 0 aromatic carbocycles. The predicted molar refractivity (Wildman–Crippen MR) is 82.8 cm³/mol. The number of amides is 1. The number of carbonyl (C=O) groups is 1. The first-order chi connectivity index (χ1) is 10.0. The molecule has 0 saturated heterocycles. The van der Waals surface area contributed by atoms with Crippen molar-refractivity contribution >= 4 is 11.6 Å². The second-order valence-electron chi connectivity index (χ2n) is 6.23. The number of nitrogen functional groups attached to an aromatic ring is 1. The highest BCUT2D eigenvalue weighted by atomic mass is 16.2. The van der Waals surface area contributed by atoms with Crippen molar-refractivity contribution in [2.45, 2.75) is 58.4 Å². The van der Waals surface area contributed by atoms with Crippen LogP contribution in [0, 0.1) is 5.92 Å². The second-order valence-corrected chi connectivity index (χ2v) is 6.23. The van der Waals surface area contributed by atoms with Crippen molar-refractivity contribution in [3.8, 4) is 0 Å². The third kappa shape index (κ3) is 3.91. The zero-order chi connectivity index (χ0) is 15.4. The van der Waals surface area contributed by atoms with Crippen LogP contribution < -0.4 is 16.6 Å². The zero-order valence-electron chi connectivity index (χ0n) is 13.0. The van der Waals surface area contributed by atoms with E-state index in [4.69, 9.17) is 5.84 Å². The van der Waals surface area contributed by atoms with Crippen molar-refractivity contribution < 1.29 is 4.79 Å². The van der Waals surface area contributed by atoms with Crippen molar-refractivity contribution in [3.05, 3.63) is 17.7 Å². The van der Waals surface area contributed by atoms with E-state index in [1.165, 1.54) is 6.42 Å². The van der Waals surface area contributed by atoms with Gasteiger partial charge in [-0.2, -0.15) is 0 Å². The number of hydrazine groups is 1. The van der Waals surface area contributed by atoms with Crippen molar-refractivity contribution in [3.63, 3.8) is 0 Å². The minimum atomic E-state index is -0.175. The van der Waals surface area contributed by atoms with E-state index in [1.54, 1.807) is 6.20 Å². The molecule has 1 saturated carbocycles. The van der Waals surface area contributed by atoms with Gasteiger partial charge in [-0.3, -0.25) is 10.6 Å². The van der Waals surface area contributed by atoms with Gasteiger partial charge in [0.25, 0.3) is 5.91 Å². The highest BCUT2D eigenvalue weighted by Crippen LogP contribution is 2.24. The molecule has 0 aliphatic heterocycles. The SMILES string of the molecule is CC1CCCC(NC(=O)c2nc(C(C)C)ncc2NN)C1. The molecule has 116 valence electrons. The normalized spacial score (nSPS) is 22.1. The molecular weight excluding hydrogens is 266 g/mol. The monoisotopic (exact) mass is 291 g/mol. The first-order valence-corrected chi connectivity index (χ1v) is 7.65. The minimum Gasteiger partial charge on any atom is -0.348 e. The Bertz CT molecular complexity index is 503.